The molecule has 21 rings (SSSR count). The Morgan fingerprint density at radius 1 is 0.350 bits per heavy atom. The number of ketones is 2. The van der Waals surface area contributed by atoms with Gasteiger partial charge in [-0.25, -0.2) is 0 Å². The van der Waals surface area contributed by atoms with E-state index in [0.29, 0.717) is 0 Å². The van der Waals surface area contributed by atoms with Crippen LogP contribution in [0.5, 0.6) is 0 Å². The van der Waals surface area contributed by atoms with Crippen LogP contribution in [-0.2, 0) is 95.0 Å². The van der Waals surface area contributed by atoms with E-state index in [1.807, 2.05) is 0 Å². The number of hydrogen-bond donors (Lipinski definition) is 22. The Bertz CT molecular complexity index is 2610. The maximum atomic E-state index is 13.0. The second kappa shape index (κ2) is 40.0. The summed E-state index contributed by atoms with van der Waals surface area (Å²) in [6, 6.07) is -1.18. The van der Waals surface area contributed by atoms with Crippen LogP contribution in [-0.4, -0.2) is 441 Å². The maximum Gasteiger partial charge on any atom is 0.321 e. The molecule has 0 aliphatic carbocycles. The molecule has 21 heterocycles. The van der Waals surface area contributed by atoms with Crippen LogP contribution in [0.2, 0.25) is 0 Å². The van der Waals surface area contributed by atoms with Crippen molar-refractivity contribution in [1.82, 2.24) is 5.32 Å². The molecule has 0 aromatic rings. The van der Waals surface area contributed by atoms with Gasteiger partial charge in [-0.3, -0.25) is 19.2 Å². The first kappa shape index (κ1) is 86.1. The van der Waals surface area contributed by atoms with Crippen molar-refractivity contribution in [3.8, 4) is 0 Å². The van der Waals surface area contributed by atoms with Gasteiger partial charge >= 0.3 is 11.9 Å². The van der Waals surface area contributed by atoms with Crippen molar-refractivity contribution in [2.24, 2.45) is 5.92 Å². The Labute approximate surface area is 595 Å². The average molecular weight is 1540 g/mol. The highest BCUT2D eigenvalue weighted by Gasteiger charge is 2.60. The molecule has 37 atom stereocenters. The van der Waals surface area contributed by atoms with Gasteiger partial charge in [0.05, 0.1) is 77.6 Å². The molecule has 0 spiro atoms. The van der Waals surface area contributed by atoms with E-state index >= 15 is 0 Å². The lowest BCUT2D eigenvalue weighted by atomic mass is 9.95. The molecule has 0 aromatic heterocycles. The van der Waals surface area contributed by atoms with Gasteiger partial charge in [0.1, 0.15) is 176 Å². The molecule has 14 bridgehead atoms. The van der Waals surface area contributed by atoms with Crippen LogP contribution in [0.25, 0.3) is 0 Å². The minimum absolute atomic E-state index is 0.0645. The number of Topliss-reactive ketones (excluding diaryl/α,β-unsaturated/α-hetero) is 2. The summed E-state index contributed by atoms with van der Waals surface area (Å²) in [6.45, 7) is -3.91. The molecule has 0 radical (unpaired) electrons. The molecule has 44 heteroatoms. The van der Waals surface area contributed by atoms with Gasteiger partial charge < -0.3 is 188 Å². The molecule has 596 valence electrons. The summed E-state index contributed by atoms with van der Waals surface area (Å²) in [5, 5.41) is 239. The topological polar surface area (TPSA) is 653 Å². The number of carboxylic acid groups (broad SMARTS) is 2. The van der Waals surface area contributed by atoms with Gasteiger partial charge in [0.15, 0.2) is 44.0 Å². The van der Waals surface area contributed by atoms with Gasteiger partial charge in [-0.05, 0) is 14.0 Å². The lowest BCUT2D eigenvalue weighted by Crippen LogP contribution is -2.68. The van der Waals surface area contributed by atoms with Gasteiger partial charge in [-0.2, -0.15) is 23.5 Å². The van der Waals surface area contributed by atoms with E-state index < -0.39 is 290 Å². The average Bonchev–Trinajstić information content (AvgIpc) is 0.785. The Morgan fingerprint density at radius 2 is 0.602 bits per heavy atom. The third-order valence-electron chi connectivity index (χ3n) is 18.6. The van der Waals surface area contributed by atoms with E-state index in [4.69, 9.17) is 75.8 Å². The quantitative estimate of drug-likeness (QED) is 0.0340. The van der Waals surface area contributed by atoms with Gasteiger partial charge in [0, 0.05) is 42.3 Å². The number of aliphatic hydroxyl groups is 19. The van der Waals surface area contributed by atoms with E-state index in [9.17, 15) is 126 Å². The summed E-state index contributed by atoms with van der Waals surface area (Å²) in [6.07, 6.45) is -73.1. The van der Waals surface area contributed by atoms with Gasteiger partial charge in [-0.15, -0.1) is 0 Å². The van der Waals surface area contributed by atoms with Gasteiger partial charge in [0.25, 0.3) is 0 Å². The first-order valence-electron chi connectivity index (χ1n) is 33.2. The first-order valence-corrected chi connectivity index (χ1v) is 35.5. The number of aliphatic carboxylic acids is 2. The number of nitrogens with one attached hydrogen (secondary N) is 1. The van der Waals surface area contributed by atoms with Crippen molar-refractivity contribution in [2.75, 3.05) is 89.5 Å². The summed E-state index contributed by atoms with van der Waals surface area (Å²) in [5.41, 5.74) is 0. The molecule has 21 aliphatic rings. The Morgan fingerprint density at radius 3 is 0.845 bits per heavy atom. The van der Waals surface area contributed by atoms with Gasteiger partial charge in [0.2, 0.25) is 0 Å². The molecule has 22 N–H and O–H groups in total. The van der Waals surface area contributed by atoms with Crippen LogP contribution in [0.3, 0.4) is 0 Å². The lowest BCUT2D eigenvalue weighted by molar-refractivity contribution is -0.395. The lowest BCUT2D eigenvalue weighted by Gasteiger charge is -2.50. The third kappa shape index (κ3) is 21.0. The highest BCUT2D eigenvalue weighted by molar-refractivity contribution is 7.99. The summed E-state index contributed by atoms with van der Waals surface area (Å²) in [4.78, 5) is 48.7. The van der Waals surface area contributed by atoms with Crippen molar-refractivity contribution in [3.05, 3.63) is 0 Å². The van der Waals surface area contributed by atoms with E-state index in [0.717, 1.165) is 23.5 Å². The summed E-state index contributed by atoms with van der Waals surface area (Å²) < 4.78 is 93.3. The minimum Gasteiger partial charge on any atom is -0.481 e. The highest BCUT2D eigenvalue weighted by atomic mass is 32.2. The summed E-state index contributed by atoms with van der Waals surface area (Å²) in [7, 11) is 1.35. The fourth-order valence-corrected chi connectivity index (χ4v) is 15.0. The van der Waals surface area contributed by atoms with Crippen molar-refractivity contribution in [2.45, 2.75) is 247 Å². The number of carboxylic acids is 2. The SMILES string of the molecule is CN[C@H](CSCC1O[C@@H]2O[C@@H]3C(CO)O[C@H](O[C@@H]4C(CO)O[C@H](O[C@@H]5C(CO)O[C@H](O[C@@H]6C(CSC[C@@H](CC(=O)CCOCCOCCC(C)=O)C(=O)O)O[C@H](O[C@H]7C(CO)OC(O[C@@H]8C(CO)O[C@H](O[C@H]1[C@H](O)C2O)C(O)[C@H]8O)C(O)[C@H]7O)C(O)[C@H]6O)C(O)[C@H]5O)C(O)[C@H]4O)C(O)[C@H]3O)C(=O)O. The second-order valence-corrected chi connectivity index (χ2v) is 27.9. The third-order valence-corrected chi connectivity index (χ3v) is 20.9. The van der Waals surface area contributed by atoms with E-state index in [2.05, 4.69) is 5.32 Å². The van der Waals surface area contributed by atoms with Crippen LogP contribution in [0.1, 0.15) is 26.2 Å². The number of aliphatic hydroxyl groups excluding tert-OH is 19. The number of rotatable bonds is 27. The van der Waals surface area contributed by atoms with Gasteiger partial charge in [-0.1, -0.05) is 0 Å². The fourth-order valence-electron chi connectivity index (χ4n) is 12.6. The molecule has 42 nitrogen and oxygen atoms in total. The number of thioether (sulfide) groups is 2. The predicted molar refractivity (Wildman–Crippen MR) is 332 cm³/mol. The fraction of sp³-hybridized carbons (Fsp3) is 0.932. The van der Waals surface area contributed by atoms with Crippen molar-refractivity contribution < 1.29 is 202 Å². The Balaban J connectivity index is 1.08. The van der Waals surface area contributed by atoms with E-state index in [-0.39, 0.29) is 62.3 Å². The Kier molecular flexibility index (Phi) is 33.4. The molecule has 21 aliphatic heterocycles. The smallest absolute Gasteiger partial charge is 0.321 e. The molecule has 0 amide bonds. The van der Waals surface area contributed by atoms with Crippen LogP contribution in [0.15, 0.2) is 0 Å². The number of carbonyl (C=O) groups excluding carboxylic acids is 2. The summed E-state index contributed by atoms with van der Waals surface area (Å²) >= 11 is 1.66. The molecule has 15 unspecified atom stereocenters. The van der Waals surface area contributed by atoms with Crippen LogP contribution in [0, 0.1) is 5.92 Å². The first-order chi connectivity index (χ1) is 49.0. The molecule has 0 saturated carbocycles. The number of hydrogen-bond acceptors (Lipinski definition) is 42. The van der Waals surface area contributed by atoms with Crippen LogP contribution < -0.4 is 5.32 Å². The molecule has 0 aromatic carbocycles. The zero-order valence-electron chi connectivity index (χ0n) is 55.5. The van der Waals surface area contributed by atoms with Crippen molar-refractivity contribution in [3.63, 3.8) is 0 Å². The van der Waals surface area contributed by atoms with Crippen LogP contribution in [0.4, 0.5) is 0 Å². The molecule has 21 fully saturated rings. The molecular formula is C59H97NO41S2. The summed E-state index contributed by atoms with van der Waals surface area (Å²) in [5.74, 6) is -6.08. The largest absolute Gasteiger partial charge is 0.481 e. The number of carbonyl (C=O) groups is 4. The Hall–Kier alpha value is -2.46. The molecular weight excluding hydrogens is 1440 g/mol. The second-order valence-electron chi connectivity index (χ2n) is 25.7. The number of ether oxygens (including phenoxy) is 16. The van der Waals surface area contributed by atoms with E-state index in [1.165, 1.54) is 14.0 Å². The maximum absolute atomic E-state index is 13.0. The normalized spacial score (nSPS) is 44.9. The standard InChI is InChI=1S/C59H97NO41S2/c1-19(66)3-5-86-7-8-87-6-4-21(67)9-20(51(82)83)15-102-17-28-49-35(73)42(80)58(93-28)98-47-26(13-64)89-55(38(76)31(47)69)97-46-25(12-63)92-57(41(79)34(46)72)101-50-29(18-103-16-22(60-2)52(84)85)94-59(43(81)36(50)74)99-48-27(14-65)90-54(39(77)32(48)70)95-44-23(10-61)88-53(37(75)30(44)68)96-45-24(11-62)91-56(100-49)40(78)33(45)71/h20,22-50,53-65,68-81H,3-18H2,1-2H3,(H,82,83)(H,84,85)/t20-,22-,23?,24?,25?,26?,27?,28?,29?,30-,31-,32-,33-,34-,35-,36-,37?,38?,39?,40?,41?,42?,43?,44-,45-,46-,47+,48-,49-,50-,53-,54-,55?,56-,57-,58-,59-/m1/s1. The minimum atomic E-state index is -2.31. The monoisotopic (exact) mass is 1540 g/mol. The van der Waals surface area contributed by atoms with E-state index in [1.54, 1.807) is 0 Å². The van der Waals surface area contributed by atoms with Crippen LogP contribution >= 0.6 is 23.5 Å². The zero-order chi connectivity index (χ0) is 75.4. The van der Waals surface area contributed by atoms with Crippen molar-refractivity contribution >= 4 is 47.0 Å². The predicted octanol–water partition coefficient (Wildman–Crippen LogP) is -13.0. The number of likely N-dealkylation sites (N-methyl/N-ethyl adjacent to an activating group) is 1. The molecule has 103 heavy (non-hydrogen) atoms. The highest BCUT2D eigenvalue weighted by Crippen LogP contribution is 2.40. The zero-order valence-corrected chi connectivity index (χ0v) is 57.2. The van der Waals surface area contributed by atoms with Crippen molar-refractivity contribution in [1.29, 1.82) is 0 Å². The molecule has 21 saturated heterocycles.